The van der Waals surface area contributed by atoms with Crippen LogP contribution in [0.2, 0.25) is 10.0 Å². The quantitative estimate of drug-likeness (QED) is 0.387. The van der Waals surface area contributed by atoms with Gasteiger partial charge in [-0.2, -0.15) is 13.2 Å². The van der Waals surface area contributed by atoms with Crippen molar-refractivity contribution in [1.29, 1.82) is 0 Å². The first kappa shape index (κ1) is 24.2. The Hall–Kier alpha value is -2.90. The average molecular weight is 510 g/mol. The SMILES string of the molecule is COc1cc2c(c(OC)c1)C(c1cc(Cl)cc(Cl)c1)N(C(=O)c1cccc(C(F)(F)F)c1)CC2. The number of alkyl halides is 3. The second kappa shape index (κ2) is 9.39. The van der Waals surface area contributed by atoms with Gasteiger partial charge in [0.15, 0.2) is 0 Å². The van der Waals surface area contributed by atoms with E-state index in [1.165, 1.54) is 24.1 Å². The molecular weight excluding hydrogens is 490 g/mol. The first-order chi connectivity index (χ1) is 16.1. The number of carbonyl (C=O) groups is 1. The minimum absolute atomic E-state index is 0.0659. The highest BCUT2D eigenvalue weighted by Crippen LogP contribution is 2.44. The third kappa shape index (κ3) is 4.68. The lowest BCUT2D eigenvalue weighted by Crippen LogP contribution is -2.41. The van der Waals surface area contributed by atoms with E-state index in [9.17, 15) is 18.0 Å². The Morgan fingerprint density at radius 1 is 1.00 bits per heavy atom. The van der Waals surface area contributed by atoms with Crippen LogP contribution in [-0.4, -0.2) is 31.6 Å². The lowest BCUT2D eigenvalue weighted by atomic mass is 9.86. The maximum Gasteiger partial charge on any atom is 0.416 e. The summed E-state index contributed by atoms with van der Waals surface area (Å²) in [5, 5.41) is 0.738. The zero-order valence-corrected chi connectivity index (χ0v) is 19.8. The molecule has 3 aromatic carbocycles. The van der Waals surface area contributed by atoms with Crippen molar-refractivity contribution in [2.75, 3.05) is 20.8 Å². The first-order valence-electron chi connectivity index (χ1n) is 10.3. The topological polar surface area (TPSA) is 38.8 Å². The molecule has 34 heavy (non-hydrogen) atoms. The molecule has 9 heteroatoms. The van der Waals surface area contributed by atoms with Crippen LogP contribution in [0.1, 0.15) is 38.7 Å². The molecule has 1 aliphatic rings. The predicted octanol–water partition coefficient (Wildman–Crippen LogP) is 6.82. The number of nitrogens with zero attached hydrogens (tertiary/aromatic N) is 1. The largest absolute Gasteiger partial charge is 0.497 e. The zero-order chi connectivity index (χ0) is 24.6. The van der Waals surface area contributed by atoms with Crippen molar-refractivity contribution < 1.29 is 27.4 Å². The lowest BCUT2D eigenvalue weighted by molar-refractivity contribution is -0.137. The minimum Gasteiger partial charge on any atom is -0.497 e. The van der Waals surface area contributed by atoms with E-state index < -0.39 is 23.7 Å². The molecule has 0 spiro atoms. The molecule has 178 valence electrons. The van der Waals surface area contributed by atoms with Crippen LogP contribution in [-0.2, 0) is 12.6 Å². The Morgan fingerprint density at radius 2 is 1.71 bits per heavy atom. The van der Waals surface area contributed by atoms with Gasteiger partial charge in [-0.15, -0.1) is 0 Å². The van der Waals surface area contributed by atoms with Crippen LogP contribution in [0, 0.1) is 0 Å². The summed E-state index contributed by atoms with van der Waals surface area (Å²) in [6, 6.07) is 12.2. The smallest absolute Gasteiger partial charge is 0.416 e. The van der Waals surface area contributed by atoms with E-state index in [0.29, 0.717) is 39.1 Å². The first-order valence-corrected chi connectivity index (χ1v) is 11.1. The molecule has 1 amide bonds. The summed E-state index contributed by atoms with van der Waals surface area (Å²) < 4.78 is 50.9. The fraction of sp³-hybridized carbons (Fsp3) is 0.240. The van der Waals surface area contributed by atoms with Crippen LogP contribution in [0.25, 0.3) is 0 Å². The monoisotopic (exact) mass is 509 g/mol. The Kier molecular flexibility index (Phi) is 6.69. The van der Waals surface area contributed by atoms with Crippen molar-refractivity contribution in [3.63, 3.8) is 0 Å². The third-order valence-electron chi connectivity index (χ3n) is 5.76. The number of fused-ring (bicyclic) bond motifs is 1. The number of benzene rings is 3. The van der Waals surface area contributed by atoms with E-state index in [-0.39, 0.29) is 12.1 Å². The molecule has 0 saturated carbocycles. The van der Waals surface area contributed by atoms with Crippen LogP contribution in [0.4, 0.5) is 13.2 Å². The standard InChI is InChI=1S/C25H20Cl2F3NO3/c1-33-20-11-14-6-7-31(24(32)15-4-3-5-17(8-15)25(28,29)30)23(22(14)21(13-20)34-2)16-9-18(26)12-19(27)10-16/h3-5,8-13,23H,6-7H2,1-2H3. The van der Waals surface area contributed by atoms with Crippen LogP contribution >= 0.6 is 23.2 Å². The van der Waals surface area contributed by atoms with E-state index in [1.54, 1.807) is 31.4 Å². The highest BCUT2D eigenvalue weighted by molar-refractivity contribution is 6.34. The van der Waals surface area contributed by atoms with E-state index in [0.717, 1.165) is 17.7 Å². The highest BCUT2D eigenvalue weighted by atomic mass is 35.5. The number of halogens is 5. The van der Waals surface area contributed by atoms with E-state index in [2.05, 4.69) is 0 Å². The molecule has 0 saturated heterocycles. The Bertz CT molecular complexity index is 1210. The Balaban J connectivity index is 1.89. The van der Waals surface area contributed by atoms with Crippen molar-refractivity contribution in [3.8, 4) is 11.5 Å². The second-order valence-electron chi connectivity index (χ2n) is 7.83. The molecule has 0 aromatic heterocycles. The van der Waals surface area contributed by atoms with Gasteiger partial charge in [0.1, 0.15) is 11.5 Å². The molecular formula is C25H20Cl2F3NO3. The molecule has 0 fully saturated rings. The fourth-order valence-corrected chi connectivity index (χ4v) is 4.82. The maximum atomic E-state index is 13.6. The normalized spacial score (nSPS) is 15.6. The number of ether oxygens (including phenoxy) is 2. The number of hydrogen-bond donors (Lipinski definition) is 0. The number of amides is 1. The number of hydrogen-bond acceptors (Lipinski definition) is 3. The van der Waals surface area contributed by atoms with Gasteiger partial charge in [0.25, 0.3) is 5.91 Å². The molecule has 0 N–H and O–H groups in total. The molecule has 1 heterocycles. The Morgan fingerprint density at radius 3 is 2.32 bits per heavy atom. The Labute approximate surface area is 204 Å². The summed E-state index contributed by atoms with van der Waals surface area (Å²) in [5.74, 6) is 0.531. The molecule has 0 bridgehead atoms. The van der Waals surface area contributed by atoms with Gasteiger partial charge in [-0.3, -0.25) is 4.79 Å². The second-order valence-corrected chi connectivity index (χ2v) is 8.71. The van der Waals surface area contributed by atoms with Gasteiger partial charge in [0.2, 0.25) is 0 Å². The zero-order valence-electron chi connectivity index (χ0n) is 18.2. The van der Waals surface area contributed by atoms with Crippen LogP contribution in [0.5, 0.6) is 11.5 Å². The van der Waals surface area contributed by atoms with Crippen molar-refractivity contribution in [1.82, 2.24) is 4.90 Å². The van der Waals surface area contributed by atoms with Crippen molar-refractivity contribution >= 4 is 29.1 Å². The summed E-state index contributed by atoms with van der Waals surface area (Å²) in [5.41, 5.74) is 1.25. The summed E-state index contributed by atoms with van der Waals surface area (Å²) in [4.78, 5) is 15.1. The molecule has 4 nitrogen and oxygen atoms in total. The van der Waals surface area contributed by atoms with Crippen LogP contribution in [0.15, 0.2) is 54.6 Å². The van der Waals surface area contributed by atoms with Gasteiger partial charge in [-0.25, -0.2) is 0 Å². The molecule has 0 radical (unpaired) electrons. The number of carbonyl (C=O) groups excluding carboxylic acids is 1. The van der Waals surface area contributed by atoms with Gasteiger partial charge in [-0.1, -0.05) is 29.3 Å². The van der Waals surface area contributed by atoms with E-state index in [4.69, 9.17) is 32.7 Å². The molecule has 1 unspecified atom stereocenters. The van der Waals surface area contributed by atoms with Gasteiger partial charge >= 0.3 is 6.18 Å². The van der Waals surface area contributed by atoms with Crippen LogP contribution in [0.3, 0.4) is 0 Å². The van der Waals surface area contributed by atoms with Crippen molar-refractivity contribution in [2.24, 2.45) is 0 Å². The fourth-order valence-electron chi connectivity index (χ4n) is 4.28. The maximum absolute atomic E-state index is 13.6. The number of methoxy groups -OCH3 is 2. The summed E-state index contributed by atoms with van der Waals surface area (Å²) >= 11 is 12.5. The summed E-state index contributed by atoms with van der Waals surface area (Å²) in [6.45, 7) is 0.257. The van der Waals surface area contributed by atoms with Gasteiger partial charge in [-0.05, 0) is 60.0 Å². The molecule has 4 rings (SSSR count). The number of rotatable bonds is 4. The van der Waals surface area contributed by atoms with Crippen molar-refractivity contribution in [3.05, 3.63) is 92.5 Å². The lowest BCUT2D eigenvalue weighted by Gasteiger charge is -2.39. The van der Waals surface area contributed by atoms with Crippen LogP contribution < -0.4 is 9.47 Å². The van der Waals surface area contributed by atoms with Gasteiger partial charge in [0, 0.05) is 33.8 Å². The summed E-state index contributed by atoms with van der Waals surface area (Å²) in [6.07, 6.45) is -4.11. The molecule has 1 atom stereocenters. The predicted molar refractivity (Wildman–Crippen MR) is 124 cm³/mol. The molecule has 3 aromatic rings. The minimum atomic E-state index is -4.57. The molecule has 1 aliphatic heterocycles. The van der Waals surface area contributed by atoms with E-state index in [1.807, 2.05) is 6.07 Å². The van der Waals surface area contributed by atoms with Gasteiger partial charge in [0.05, 0.1) is 25.8 Å². The summed E-state index contributed by atoms with van der Waals surface area (Å²) in [7, 11) is 3.05. The van der Waals surface area contributed by atoms with E-state index >= 15 is 0 Å². The van der Waals surface area contributed by atoms with Crippen molar-refractivity contribution in [2.45, 2.75) is 18.6 Å². The third-order valence-corrected chi connectivity index (χ3v) is 6.20. The molecule has 0 aliphatic carbocycles. The average Bonchev–Trinajstić information content (AvgIpc) is 2.80. The highest BCUT2D eigenvalue weighted by Gasteiger charge is 2.37. The van der Waals surface area contributed by atoms with Gasteiger partial charge < -0.3 is 14.4 Å².